The minimum absolute atomic E-state index is 0.0859. The van der Waals surface area contributed by atoms with Gasteiger partial charge in [-0.2, -0.15) is 13.2 Å². The van der Waals surface area contributed by atoms with Crippen LogP contribution in [0.2, 0.25) is 0 Å². The van der Waals surface area contributed by atoms with Gasteiger partial charge in [0.1, 0.15) is 0 Å². The fourth-order valence-corrected chi connectivity index (χ4v) is 3.97. The van der Waals surface area contributed by atoms with Crippen LogP contribution in [0.15, 0.2) is 24.3 Å². The van der Waals surface area contributed by atoms with Crippen molar-refractivity contribution in [2.24, 2.45) is 5.92 Å². The first-order chi connectivity index (χ1) is 12.9. The van der Waals surface area contributed by atoms with Crippen molar-refractivity contribution in [3.63, 3.8) is 0 Å². The highest BCUT2D eigenvalue weighted by Gasteiger charge is 2.39. The third-order valence-corrected chi connectivity index (χ3v) is 5.42. The SMILES string of the molecule is O=C(C1CCCC1)N1CCN(c2nc3ccccc3nc2C(F)(F)F)CC1. The molecule has 144 valence electrons. The van der Waals surface area contributed by atoms with Gasteiger partial charge >= 0.3 is 6.18 Å². The van der Waals surface area contributed by atoms with Crippen LogP contribution >= 0.6 is 0 Å². The van der Waals surface area contributed by atoms with Gasteiger partial charge in [0.15, 0.2) is 11.5 Å². The largest absolute Gasteiger partial charge is 0.437 e. The summed E-state index contributed by atoms with van der Waals surface area (Å²) in [4.78, 5) is 24.0. The Kier molecular flexibility index (Phi) is 4.65. The molecule has 1 saturated heterocycles. The molecule has 5 nitrogen and oxygen atoms in total. The minimum Gasteiger partial charge on any atom is -0.351 e. The molecular formula is C19H21F3N4O. The number of nitrogens with zero attached hydrogens (tertiary/aromatic N) is 4. The molecule has 0 atom stereocenters. The maximum Gasteiger partial charge on any atom is 0.437 e. The molecule has 1 aliphatic heterocycles. The highest BCUT2D eigenvalue weighted by atomic mass is 19.4. The van der Waals surface area contributed by atoms with E-state index in [-0.39, 0.29) is 23.2 Å². The number of carbonyl (C=O) groups excluding carboxylic acids is 1. The normalized spacial score (nSPS) is 19.1. The van der Waals surface area contributed by atoms with E-state index in [2.05, 4.69) is 9.97 Å². The van der Waals surface area contributed by atoms with Crippen molar-refractivity contribution in [1.82, 2.24) is 14.9 Å². The highest BCUT2D eigenvalue weighted by molar-refractivity contribution is 5.80. The lowest BCUT2D eigenvalue weighted by Crippen LogP contribution is -2.50. The maximum atomic E-state index is 13.5. The van der Waals surface area contributed by atoms with Gasteiger partial charge in [-0.1, -0.05) is 25.0 Å². The van der Waals surface area contributed by atoms with Gasteiger partial charge in [0.2, 0.25) is 5.91 Å². The van der Waals surface area contributed by atoms with Gasteiger partial charge in [-0.05, 0) is 25.0 Å². The first-order valence-electron chi connectivity index (χ1n) is 9.31. The lowest BCUT2D eigenvalue weighted by atomic mass is 10.1. The quantitative estimate of drug-likeness (QED) is 0.803. The average molecular weight is 378 g/mol. The van der Waals surface area contributed by atoms with E-state index in [9.17, 15) is 18.0 Å². The van der Waals surface area contributed by atoms with Crippen molar-refractivity contribution in [2.45, 2.75) is 31.9 Å². The summed E-state index contributed by atoms with van der Waals surface area (Å²) in [6, 6.07) is 6.56. The van der Waals surface area contributed by atoms with Crippen molar-refractivity contribution in [2.75, 3.05) is 31.1 Å². The molecule has 8 heteroatoms. The number of fused-ring (bicyclic) bond motifs is 1. The fourth-order valence-electron chi connectivity index (χ4n) is 3.97. The number of halogens is 3. The summed E-state index contributed by atoms with van der Waals surface area (Å²) in [6.07, 6.45) is -0.569. The van der Waals surface area contributed by atoms with Crippen LogP contribution in [0.25, 0.3) is 11.0 Å². The Morgan fingerprint density at radius 1 is 0.963 bits per heavy atom. The van der Waals surface area contributed by atoms with Crippen LogP contribution in [-0.4, -0.2) is 47.0 Å². The van der Waals surface area contributed by atoms with Gasteiger partial charge in [0, 0.05) is 32.1 Å². The number of hydrogen-bond donors (Lipinski definition) is 0. The van der Waals surface area contributed by atoms with Crippen LogP contribution in [0.1, 0.15) is 31.4 Å². The summed E-state index contributed by atoms with van der Waals surface area (Å²) in [5, 5.41) is 0. The molecule has 27 heavy (non-hydrogen) atoms. The standard InChI is InChI=1S/C19H21F3N4O/c20-19(21,22)16-17(24-15-8-4-3-7-14(15)23-16)25-9-11-26(12-10-25)18(27)13-5-1-2-6-13/h3-4,7-8,13H,1-2,5-6,9-12H2. The summed E-state index contributed by atoms with van der Waals surface area (Å²) in [5.74, 6) is 0.0877. The number of piperazine rings is 1. The van der Waals surface area contributed by atoms with Gasteiger partial charge < -0.3 is 9.80 Å². The van der Waals surface area contributed by atoms with Gasteiger partial charge in [-0.3, -0.25) is 4.79 Å². The van der Waals surface area contributed by atoms with Crippen molar-refractivity contribution in [3.8, 4) is 0 Å². The van der Waals surface area contributed by atoms with Crippen LogP contribution in [0.5, 0.6) is 0 Å². The van der Waals surface area contributed by atoms with Crippen molar-refractivity contribution in [3.05, 3.63) is 30.0 Å². The molecule has 1 aromatic carbocycles. The number of carbonyl (C=O) groups is 1. The van der Waals surface area contributed by atoms with Crippen molar-refractivity contribution < 1.29 is 18.0 Å². The Labute approximate surface area is 155 Å². The van der Waals surface area contributed by atoms with E-state index in [1.165, 1.54) is 6.07 Å². The number of hydrogen-bond acceptors (Lipinski definition) is 4. The van der Waals surface area contributed by atoms with Gasteiger partial charge in [0.25, 0.3) is 0 Å². The highest BCUT2D eigenvalue weighted by Crippen LogP contribution is 2.36. The molecule has 2 aliphatic rings. The molecular weight excluding hydrogens is 357 g/mol. The van der Waals surface area contributed by atoms with Crippen LogP contribution in [-0.2, 0) is 11.0 Å². The Bertz CT molecular complexity index is 840. The molecule has 0 bridgehead atoms. The summed E-state index contributed by atoms with van der Waals surface area (Å²) in [5.41, 5.74) is -0.301. The van der Waals surface area contributed by atoms with Crippen molar-refractivity contribution in [1.29, 1.82) is 0 Å². The second-order valence-corrected chi connectivity index (χ2v) is 7.18. The molecule has 0 radical (unpaired) electrons. The minimum atomic E-state index is -4.58. The molecule has 2 aromatic rings. The maximum absolute atomic E-state index is 13.5. The smallest absolute Gasteiger partial charge is 0.351 e. The zero-order chi connectivity index (χ0) is 19.0. The number of para-hydroxylation sites is 2. The van der Waals surface area contributed by atoms with Gasteiger partial charge in [0.05, 0.1) is 11.0 Å². The molecule has 0 unspecified atom stereocenters. The molecule has 2 fully saturated rings. The second kappa shape index (κ2) is 6.98. The number of rotatable bonds is 2. The Hall–Kier alpha value is -2.38. The topological polar surface area (TPSA) is 49.3 Å². The second-order valence-electron chi connectivity index (χ2n) is 7.18. The predicted octanol–water partition coefficient (Wildman–Crippen LogP) is 3.49. The number of amides is 1. The van der Waals surface area contributed by atoms with Crippen LogP contribution in [0, 0.1) is 5.92 Å². The number of benzene rings is 1. The predicted molar refractivity (Wildman–Crippen MR) is 95.3 cm³/mol. The molecule has 2 heterocycles. The van der Waals surface area contributed by atoms with Crippen LogP contribution in [0.4, 0.5) is 19.0 Å². The third-order valence-electron chi connectivity index (χ3n) is 5.42. The molecule has 0 spiro atoms. The van der Waals surface area contributed by atoms with E-state index in [1.807, 2.05) is 0 Å². The summed E-state index contributed by atoms with van der Waals surface area (Å²) in [6.45, 7) is 1.49. The number of alkyl halides is 3. The Morgan fingerprint density at radius 3 is 2.15 bits per heavy atom. The van der Waals surface area contributed by atoms with Gasteiger partial charge in [-0.25, -0.2) is 9.97 Å². The van der Waals surface area contributed by atoms with Gasteiger partial charge in [-0.15, -0.1) is 0 Å². The Balaban J connectivity index is 1.57. The summed E-state index contributed by atoms with van der Waals surface area (Å²) >= 11 is 0. The average Bonchev–Trinajstić information content (AvgIpc) is 3.20. The number of aromatic nitrogens is 2. The third kappa shape index (κ3) is 3.57. The van der Waals surface area contributed by atoms with Crippen molar-refractivity contribution >= 4 is 22.8 Å². The first-order valence-corrected chi connectivity index (χ1v) is 9.31. The Morgan fingerprint density at radius 2 is 1.56 bits per heavy atom. The lowest BCUT2D eigenvalue weighted by molar-refractivity contribution is -0.141. The summed E-state index contributed by atoms with van der Waals surface area (Å²) < 4.78 is 40.6. The monoisotopic (exact) mass is 378 g/mol. The lowest BCUT2D eigenvalue weighted by Gasteiger charge is -2.37. The van der Waals surface area contributed by atoms with E-state index in [0.717, 1.165) is 25.7 Å². The number of anilines is 1. The molecule has 4 rings (SSSR count). The molecule has 1 saturated carbocycles. The van der Waals surface area contributed by atoms with E-state index < -0.39 is 11.9 Å². The van der Waals surface area contributed by atoms with Crippen LogP contribution in [0.3, 0.4) is 0 Å². The van der Waals surface area contributed by atoms with E-state index in [0.29, 0.717) is 31.7 Å². The molecule has 1 aromatic heterocycles. The first kappa shape index (κ1) is 18.0. The zero-order valence-electron chi connectivity index (χ0n) is 14.9. The summed E-state index contributed by atoms with van der Waals surface area (Å²) in [7, 11) is 0. The van der Waals surface area contributed by atoms with Crippen LogP contribution < -0.4 is 4.90 Å². The van der Waals surface area contributed by atoms with E-state index >= 15 is 0 Å². The zero-order valence-corrected chi connectivity index (χ0v) is 14.9. The fraction of sp³-hybridized carbons (Fsp3) is 0.526. The van der Waals surface area contributed by atoms with E-state index in [4.69, 9.17) is 0 Å². The van der Waals surface area contributed by atoms with E-state index in [1.54, 1.807) is 28.0 Å². The molecule has 1 amide bonds. The molecule has 1 aliphatic carbocycles. The molecule has 0 N–H and O–H groups in total.